The van der Waals surface area contributed by atoms with Crippen molar-refractivity contribution in [2.24, 2.45) is 7.05 Å². The number of phenolic OH excluding ortho intramolecular Hbond substituents is 1. The van der Waals surface area contributed by atoms with E-state index in [1.807, 2.05) is 40.7 Å². The van der Waals surface area contributed by atoms with Gasteiger partial charge < -0.3 is 5.11 Å². The lowest BCUT2D eigenvalue weighted by Crippen LogP contribution is -2.29. The van der Waals surface area contributed by atoms with Crippen molar-refractivity contribution in [1.82, 2.24) is 4.98 Å². The van der Waals surface area contributed by atoms with Gasteiger partial charge in [-0.3, -0.25) is 0 Å². The molecule has 3 nitrogen and oxygen atoms in total. The number of aromatic hydroxyl groups is 1. The normalized spacial score (nSPS) is 9.16. The lowest BCUT2D eigenvalue weighted by molar-refractivity contribution is -0.651. The van der Waals surface area contributed by atoms with Crippen LogP contribution in [0.5, 0.6) is 5.75 Å². The number of rotatable bonds is 0. The minimum Gasteiger partial charge on any atom is -0.508 e. The zero-order valence-electron chi connectivity index (χ0n) is 16.7. The Morgan fingerprint density at radius 3 is 2.08 bits per heavy atom. The molecule has 0 aliphatic rings. The summed E-state index contributed by atoms with van der Waals surface area (Å²) in [7, 11) is 2.07. The van der Waals surface area contributed by atoms with Gasteiger partial charge in [0.1, 0.15) is 5.75 Å². The number of aromatic nitrogens is 2. The van der Waals surface area contributed by atoms with E-state index < -0.39 is 0 Å². The zero-order chi connectivity index (χ0) is 19.6. The minimum absolute atomic E-state index is 0.337. The van der Waals surface area contributed by atoms with E-state index in [2.05, 4.69) is 64.6 Å². The van der Waals surface area contributed by atoms with Crippen molar-refractivity contribution in [2.45, 2.75) is 48.5 Å². The van der Waals surface area contributed by atoms with Gasteiger partial charge in [0.2, 0.25) is 0 Å². The standard InChI is InChI=1S/C10H12N2.C7H7BrO.2C2H6/c1-7-4-5-10-9(6-7)11-8(2)12(10)3;1-5-6(8)3-2-4-7(5)9;2*1-2/h4-6H,1-3H3;2-4,9H,1H3;2*1-2H3/p+1. The first-order valence-corrected chi connectivity index (χ1v) is 9.58. The van der Waals surface area contributed by atoms with Crippen LogP contribution in [-0.4, -0.2) is 10.1 Å². The van der Waals surface area contributed by atoms with Crippen molar-refractivity contribution < 1.29 is 9.67 Å². The highest BCUT2D eigenvalue weighted by Crippen LogP contribution is 2.23. The van der Waals surface area contributed by atoms with Gasteiger partial charge in [0.25, 0.3) is 5.82 Å². The number of halogens is 1. The quantitative estimate of drug-likeness (QED) is 0.432. The molecule has 0 saturated carbocycles. The highest BCUT2D eigenvalue weighted by molar-refractivity contribution is 9.10. The Bertz CT molecular complexity index is 759. The van der Waals surface area contributed by atoms with E-state index in [1.54, 1.807) is 12.1 Å². The summed E-state index contributed by atoms with van der Waals surface area (Å²) in [6, 6.07) is 11.8. The summed E-state index contributed by atoms with van der Waals surface area (Å²) >= 11 is 3.29. The van der Waals surface area contributed by atoms with Crippen molar-refractivity contribution in [3.63, 3.8) is 0 Å². The van der Waals surface area contributed by atoms with Gasteiger partial charge in [0.05, 0.1) is 7.05 Å². The van der Waals surface area contributed by atoms with Crippen LogP contribution < -0.4 is 4.57 Å². The monoisotopic (exact) mass is 407 g/mol. The number of hydrogen-bond acceptors (Lipinski definition) is 1. The third-order valence-electron chi connectivity index (χ3n) is 3.57. The fourth-order valence-electron chi connectivity index (χ4n) is 2.10. The van der Waals surface area contributed by atoms with Gasteiger partial charge in [-0.05, 0) is 43.7 Å². The van der Waals surface area contributed by atoms with Gasteiger partial charge in [0.15, 0.2) is 11.0 Å². The molecule has 2 aromatic carbocycles. The molecule has 2 N–H and O–H groups in total. The Labute approximate surface area is 160 Å². The van der Waals surface area contributed by atoms with Crippen molar-refractivity contribution in [1.29, 1.82) is 0 Å². The molecule has 1 heterocycles. The summed E-state index contributed by atoms with van der Waals surface area (Å²) < 4.78 is 3.11. The average Bonchev–Trinajstić information content (AvgIpc) is 2.90. The lowest BCUT2D eigenvalue weighted by Gasteiger charge is -1.97. The van der Waals surface area contributed by atoms with E-state index in [4.69, 9.17) is 5.11 Å². The third kappa shape index (κ3) is 6.54. The van der Waals surface area contributed by atoms with Crippen molar-refractivity contribution in [3.05, 3.63) is 57.8 Å². The second-order valence-corrected chi connectivity index (χ2v) is 6.03. The number of benzene rings is 2. The molecule has 1 aromatic heterocycles. The molecule has 3 aromatic rings. The number of nitrogens with one attached hydrogen (secondary N) is 1. The number of imidazole rings is 1. The summed E-state index contributed by atoms with van der Waals surface area (Å²) in [5.74, 6) is 1.53. The number of aromatic amines is 1. The average molecular weight is 408 g/mol. The molecule has 0 bridgehead atoms. The maximum Gasteiger partial charge on any atom is 0.251 e. The third-order valence-corrected chi connectivity index (χ3v) is 4.43. The van der Waals surface area contributed by atoms with Gasteiger partial charge in [-0.1, -0.05) is 55.8 Å². The molecular formula is C21H32BrN2O+. The summed E-state index contributed by atoms with van der Waals surface area (Å²) in [5, 5.41) is 9.07. The SMILES string of the molecule is CC.CC.Cc1c(O)cccc1Br.Cc1ccc2c(c1)[nH]c(C)[n+]2C. The molecule has 0 fully saturated rings. The second kappa shape index (κ2) is 11.7. The molecule has 25 heavy (non-hydrogen) atoms. The molecule has 0 atom stereocenters. The molecule has 0 radical (unpaired) electrons. The van der Waals surface area contributed by atoms with Crippen LogP contribution in [0.3, 0.4) is 0 Å². The zero-order valence-corrected chi connectivity index (χ0v) is 18.3. The van der Waals surface area contributed by atoms with Crippen LogP contribution in [0.15, 0.2) is 40.9 Å². The molecule has 0 amide bonds. The van der Waals surface area contributed by atoms with Gasteiger partial charge in [-0.25, -0.2) is 9.55 Å². The van der Waals surface area contributed by atoms with E-state index in [0.29, 0.717) is 5.75 Å². The van der Waals surface area contributed by atoms with Gasteiger partial charge in [-0.2, -0.15) is 0 Å². The summed E-state index contributed by atoms with van der Waals surface area (Å²) in [6.07, 6.45) is 0. The van der Waals surface area contributed by atoms with Gasteiger partial charge >= 0.3 is 0 Å². The Kier molecular flexibility index (Phi) is 10.8. The van der Waals surface area contributed by atoms with Crippen LogP contribution in [0, 0.1) is 20.8 Å². The molecule has 4 heteroatoms. The van der Waals surface area contributed by atoms with E-state index in [0.717, 1.165) is 10.0 Å². The molecule has 3 rings (SSSR count). The number of H-pyrrole nitrogens is 1. The van der Waals surface area contributed by atoms with E-state index in [1.165, 1.54) is 22.4 Å². The molecule has 138 valence electrons. The van der Waals surface area contributed by atoms with Crippen LogP contribution in [0.2, 0.25) is 0 Å². The van der Waals surface area contributed by atoms with Gasteiger partial charge in [0, 0.05) is 17.0 Å². The Hall–Kier alpha value is -1.81. The first-order valence-electron chi connectivity index (χ1n) is 8.79. The highest BCUT2D eigenvalue weighted by Gasteiger charge is 2.09. The summed E-state index contributed by atoms with van der Waals surface area (Å²) in [4.78, 5) is 3.33. The predicted molar refractivity (Wildman–Crippen MR) is 112 cm³/mol. The lowest BCUT2D eigenvalue weighted by atomic mass is 10.2. The minimum atomic E-state index is 0.337. The smallest absolute Gasteiger partial charge is 0.251 e. The largest absolute Gasteiger partial charge is 0.508 e. The highest BCUT2D eigenvalue weighted by atomic mass is 79.9. The molecule has 0 unspecified atom stereocenters. The van der Waals surface area contributed by atoms with Crippen LogP contribution in [0.1, 0.15) is 44.6 Å². The van der Waals surface area contributed by atoms with Crippen molar-refractivity contribution in [2.75, 3.05) is 0 Å². The number of fused-ring (bicyclic) bond motifs is 1. The second-order valence-electron chi connectivity index (χ2n) is 5.17. The first kappa shape index (κ1) is 23.2. The summed E-state index contributed by atoms with van der Waals surface area (Å²) in [6.45, 7) is 14.0. The fourth-order valence-corrected chi connectivity index (χ4v) is 2.45. The Morgan fingerprint density at radius 1 is 0.960 bits per heavy atom. The van der Waals surface area contributed by atoms with E-state index in [9.17, 15) is 0 Å². The maximum atomic E-state index is 9.07. The summed E-state index contributed by atoms with van der Waals surface area (Å²) in [5.41, 5.74) is 4.66. The number of nitrogens with zero attached hydrogens (tertiary/aromatic N) is 1. The molecular weight excluding hydrogens is 376 g/mol. The van der Waals surface area contributed by atoms with Gasteiger partial charge in [-0.15, -0.1) is 0 Å². The maximum absolute atomic E-state index is 9.07. The Balaban J connectivity index is 0.000000396. The molecule has 0 aliphatic heterocycles. The van der Waals surface area contributed by atoms with Crippen molar-refractivity contribution >= 4 is 27.0 Å². The number of phenols is 1. The van der Waals surface area contributed by atoms with Crippen LogP contribution in [-0.2, 0) is 7.05 Å². The molecule has 0 spiro atoms. The van der Waals surface area contributed by atoms with Crippen LogP contribution >= 0.6 is 15.9 Å². The topological polar surface area (TPSA) is 39.9 Å². The first-order chi connectivity index (χ1) is 11.9. The molecule has 0 saturated heterocycles. The van der Waals surface area contributed by atoms with Crippen LogP contribution in [0.4, 0.5) is 0 Å². The molecule has 0 aliphatic carbocycles. The number of hydrogen-bond donors (Lipinski definition) is 2. The van der Waals surface area contributed by atoms with E-state index in [-0.39, 0.29) is 0 Å². The van der Waals surface area contributed by atoms with E-state index >= 15 is 0 Å². The van der Waals surface area contributed by atoms with Crippen LogP contribution in [0.25, 0.3) is 11.0 Å². The van der Waals surface area contributed by atoms with Crippen molar-refractivity contribution in [3.8, 4) is 5.75 Å². The Morgan fingerprint density at radius 2 is 1.56 bits per heavy atom. The predicted octanol–water partition coefficient (Wildman–Crippen LogP) is 6.12. The fraction of sp³-hybridized carbons (Fsp3) is 0.381. The number of aryl methyl sites for hydroxylation is 3.